The van der Waals surface area contributed by atoms with Crippen LogP contribution in [0, 0.1) is 0 Å². The van der Waals surface area contributed by atoms with Gasteiger partial charge in [0.2, 0.25) is 5.88 Å². The average molecular weight is 283 g/mol. The van der Waals surface area contributed by atoms with Crippen molar-refractivity contribution in [2.24, 2.45) is 0 Å². The SMILES string of the molecule is COc1ccc(S(=O)(=O)n2nc(OC)cc2N)cc1. The number of ether oxygens (including phenoxy) is 2. The summed E-state index contributed by atoms with van der Waals surface area (Å²) >= 11 is 0. The molecule has 0 amide bonds. The fourth-order valence-corrected chi connectivity index (χ4v) is 2.70. The Morgan fingerprint density at radius 1 is 1.16 bits per heavy atom. The summed E-state index contributed by atoms with van der Waals surface area (Å²) < 4.78 is 35.2. The number of nitrogen functional groups attached to an aromatic ring is 1. The summed E-state index contributed by atoms with van der Waals surface area (Å²) in [5, 5.41) is 3.77. The van der Waals surface area contributed by atoms with Crippen LogP contribution < -0.4 is 15.2 Å². The van der Waals surface area contributed by atoms with Gasteiger partial charge < -0.3 is 15.2 Å². The fourth-order valence-electron chi connectivity index (χ4n) is 1.50. The summed E-state index contributed by atoms with van der Waals surface area (Å²) in [5.41, 5.74) is 5.61. The number of methoxy groups -OCH3 is 2. The van der Waals surface area contributed by atoms with E-state index >= 15 is 0 Å². The van der Waals surface area contributed by atoms with Gasteiger partial charge in [0.25, 0.3) is 10.0 Å². The Morgan fingerprint density at radius 2 is 1.79 bits per heavy atom. The quantitative estimate of drug-likeness (QED) is 0.888. The van der Waals surface area contributed by atoms with Crippen molar-refractivity contribution in [2.45, 2.75) is 4.90 Å². The number of aromatic nitrogens is 2. The van der Waals surface area contributed by atoms with Crippen LogP contribution in [0.5, 0.6) is 11.6 Å². The summed E-state index contributed by atoms with van der Waals surface area (Å²) in [5.74, 6) is 0.673. The first-order valence-corrected chi connectivity index (χ1v) is 6.72. The summed E-state index contributed by atoms with van der Waals surface area (Å²) in [6.45, 7) is 0. The number of hydrogen-bond acceptors (Lipinski definition) is 6. The van der Waals surface area contributed by atoms with Crippen LogP contribution in [0.4, 0.5) is 5.82 Å². The molecule has 0 radical (unpaired) electrons. The van der Waals surface area contributed by atoms with E-state index < -0.39 is 10.0 Å². The molecule has 0 aliphatic rings. The third-order valence-electron chi connectivity index (χ3n) is 2.48. The molecule has 0 saturated carbocycles. The van der Waals surface area contributed by atoms with Crippen LogP contribution in [-0.4, -0.2) is 31.8 Å². The first-order valence-electron chi connectivity index (χ1n) is 5.28. The Bertz CT molecular complexity index is 676. The normalized spacial score (nSPS) is 11.3. The van der Waals surface area contributed by atoms with E-state index in [1.54, 1.807) is 12.1 Å². The Morgan fingerprint density at radius 3 is 2.26 bits per heavy atom. The van der Waals surface area contributed by atoms with Gasteiger partial charge in [-0.25, -0.2) is 0 Å². The number of nitrogens with zero attached hydrogens (tertiary/aromatic N) is 2. The van der Waals surface area contributed by atoms with Gasteiger partial charge in [0, 0.05) is 6.07 Å². The van der Waals surface area contributed by atoms with Crippen molar-refractivity contribution in [3.8, 4) is 11.6 Å². The smallest absolute Gasteiger partial charge is 0.284 e. The summed E-state index contributed by atoms with van der Waals surface area (Å²) in [6.07, 6.45) is 0. The lowest BCUT2D eigenvalue weighted by atomic mass is 10.3. The Labute approximate surface area is 110 Å². The zero-order valence-electron chi connectivity index (χ0n) is 10.4. The van der Waals surface area contributed by atoms with E-state index in [4.69, 9.17) is 15.2 Å². The molecule has 0 atom stereocenters. The molecule has 0 spiro atoms. The zero-order valence-corrected chi connectivity index (χ0v) is 11.2. The molecule has 7 nitrogen and oxygen atoms in total. The maximum Gasteiger partial charge on any atom is 0.284 e. The van der Waals surface area contributed by atoms with Crippen molar-refractivity contribution in [1.82, 2.24) is 9.19 Å². The van der Waals surface area contributed by atoms with Crippen LogP contribution in [-0.2, 0) is 10.0 Å². The predicted molar refractivity (Wildman–Crippen MR) is 68.8 cm³/mol. The van der Waals surface area contributed by atoms with Gasteiger partial charge in [0.1, 0.15) is 11.6 Å². The third kappa shape index (κ3) is 2.34. The van der Waals surface area contributed by atoms with E-state index in [-0.39, 0.29) is 16.6 Å². The maximum absolute atomic E-state index is 12.3. The molecule has 0 unspecified atom stereocenters. The summed E-state index contributed by atoms with van der Waals surface area (Å²) in [7, 11) is -0.958. The lowest BCUT2D eigenvalue weighted by Crippen LogP contribution is -2.16. The second kappa shape index (κ2) is 4.81. The van der Waals surface area contributed by atoms with E-state index in [1.165, 1.54) is 32.4 Å². The number of hydrogen-bond donors (Lipinski definition) is 1. The van der Waals surface area contributed by atoms with Gasteiger partial charge in [-0.05, 0) is 24.3 Å². The van der Waals surface area contributed by atoms with Gasteiger partial charge in [-0.15, -0.1) is 9.19 Å². The highest BCUT2D eigenvalue weighted by Gasteiger charge is 2.21. The highest BCUT2D eigenvalue weighted by Crippen LogP contribution is 2.22. The minimum atomic E-state index is -3.84. The molecule has 0 aliphatic heterocycles. The van der Waals surface area contributed by atoms with Crippen LogP contribution >= 0.6 is 0 Å². The van der Waals surface area contributed by atoms with Gasteiger partial charge in [0.15, 0.2) is 0 Å². The van der Waals surface area contributed by atoms with Gasteiger partial charge >= 0.3 is 0 Å². The molecule has 2 aromatic rings. The Balaban J connectivity index is 2.48. The predicted octanol–water partition coefficient (Wildman–Crippen LogP) is 0.719. The van der Waals surface area contributed by atoms with Gasteiger partial charge in [0.05, 0.1) is 19.1 Å². The van der Waals surface area contributed by atoms with Crippen LogP contribution in [0.15, 0.2) is 35.2 Å². The number of rotatable bonds is 4. The van der Waals surface area contributed by atoms with Crippen LogP contribution in [0.3, 0.4) is 0 Å². The summed E-state index contributed by atoms with van der Waals surface area (Å²) in [4.78, 5) is 0.0609. The molecule has 0 aliphatic carbocycles. The zero-order chi connectivity index (χ0) is 14.0. The molecule has 19 heavy (non-hydrogen) atoms. The van der Waals surface area contributed by atoms with E-state index in [1.807, 2.05) is 0 Å². The van der Waals surface area contributed by atoms with E-state index in [0.29, 0.717) is 5.75 Å². The first kappa shape index (κ1) is 13.2. The molecule has 2 N–H and O–H groups in total. The fraction of sp³-hybridized carbons (Fsp3) is 0.182. The molecular formula is C11H13N3O4S. The van der Waals surface area contributed by atoms with Crippen molar-refractivity contribution in [3.05, 3.63) is 30.3 Å². The summed E-state index contributed by atoms with van der Waals surface area (Å²) in [6, 6.07) is 7.26. The molecule has 0 fully saturated rings. The topological polar surface area (TPSA) is 96.4 Å². The van der Waals surface area contributed by atoms with E-state index in [9.17, 15) is 8.42 Å². The highest BCUT2D eigenvalue weighted by atomic mass is 32.2. The first-order chi connectivity index (χ1) is 8.98. The monoisotopic (exact) mass is 283 g/mol. The molecule has 2 rings (SSSR count). The third-order valence-corrected chi connectivity index (χ3v) is 4.09. The second-order valence-electron chi connectivity index (χ2n) is 3.64. The molecule has 1 heterocycles. The molecule has 1 aromatic heterocycles. The molecule has 0 bridgehead atoms. The standard InChI is InChI=1S/C11H13N3O4S/c1-17-8-3-5-9(6-4-8)19(15,16)14-10(12)7-11(13-14)18-2/h3-7H,12H2,1-2H3. The van der Waals surface area contributed by atoms with Crippen molar-refractivity contribution in [3.63, 3.8) is 0 Å². The van der Waals surface area contributed by atoms with E-state index in [2.05, 4.69) is 5.10 Å². The van der Waals surface area contributed by atoms with Gasteiger partial charge in [-0.1, -0.05) is 0 Å². The number of nitrogens with two attached hydrogens (primary N) is 1. The van der Waals surface area contributed by atoms with Crippen molar-refractivity contribution >= 4 is 15.8 Å². The number of benzene rings is 1. The maximum atomic E-state index is 12.3. The molecular weight excluding hydrogens is 270 g/mol. The van der Waals surface area contributed by atoms with Gasteiger partial charge in [-0.3, -0.25) is 0 Å². The molecule has 8 heteroatoms. The lowest BCUT2D eigenvalue weighted by Gasteiger charge is -2.06. The van der Waals surface area contributed by atoms with Crippen molar-refractivity contribution in [1.29, 1.82) is 0 Å². The van der Waals surface area contributed by atoms with Crippen LogP contribution in [0.1, 0.15) is 0 Å². The second-order valence-corrected chi connectivity index (χ2v) is 5.40. The van der Waals surface area contributed by atoms with Crippen molar-refractivity contribution < 1.29 is 17.9 Å². The van der Waals surface area contributed by atoms with Gasteiger partial charge in [-0.2, -0.15) is 8.42 Å². The Kier molecular flexibility index (Phi) is 3.34. The van der Waals surface area contributed by atoms with Crippen molar-refractivity contribution in [2.75, 3.05) is 20.0 Å². The minimum Gasteiger partial charge on any atom is -0.497 e. The molecule has 102 valence electrons. The highest BCUT2D eigenvalue weighted by molar-refractivity contribution is 7.90. The van der Waals surface area contributed by atoms with Crippen LogP contribution in [0.2, 0.25) is 0 Å². The molecule has 0 saturated heterocycles. The Hall–Kier alpha value is -2.22. The minimum absolute atomic E-state index is 0.0207. The average Bonchev–Trinajstić information content (AvgIpc) is 2.81. The van der Waals surface area contributed by atoms with Crippen LogP contribution in [0.25, 0.3) is 0 Å². The number of anilines is 1. The lowest BCUT2D eigenvalue weighted by molar-refractivity contribution is 0.395. The van der Waals surface area contributed by atoms with E-state index in [0.717, 1.165) is 4.09 Å². The largest absolute Gasteiger partial charge is 0.497 e. The molecule has 1 aromatic carbocycles.